The normalized spacial score (nSPS) is 15.1. The van der Waals surface area contributed by atoms with Gasteiger partial charge in [-0.1, -0.05) is 6.92 Å². The molecule has 2 N–H and O–H groups in total. The Morgan fingerprint density at radius 2 is 1.89 bits per heavy atom. The van der Waals surface area contributed by atoms with Gasteiger partial charge in [0.15, 0.2) is 0 Å². The van der Waals surface area contributed by atoms with E-state index in [0.717, 1.165) is 50.4 Å². The zero-order chi connectivity index (χ0) is 20.1. The second-order valence-corrected chi connectivity index (χ2v) is 8.55. The molecule has 0 unspecified atom stereocenters. The number of carbonyl (C=O) groups excluding carboxylic acids is 1. The number of rotatable bonds is 5. The van der Waals surface area contributed by atoms with Crippen molar-refractivity contribution < 1.29 is 17.6 Å². The maximum absolute atomic E-state index is 13.2. The van der Waals surface area contributed by atoms with Crippen LogP contribution in [0, 0.1) is 5.82 Å². The summed E-state index contributed by atoms with van der Waals surface area (Å²) in [6.07, 6.45) is 1.21. The SMILES string of the molecule is CCC(=O)Nc1cc(N2CCCNCC2)ccc1S(=O)(=O)c1ccc(F)cc1. The van der Waals surface area contributed by atoms with E-state index in [9.17, 15) is 17.6 Å². The summed E-state index contributed by atoms with van der Waals surface area (Å²) in [4.78, 5) is 14.1. The van der Waals surface area contributed by atoms with Crippen LogP contribution in [-0.4, -0.2) is 40.5 Å². The molecule has 0 atom stereocenters. The molecule has 6 nitrogen and oxygen atoms in total. The first kappa shape index (κ1) is 20.3. The van der Waals surface area contributed by atoms with Crippen LogP contribution in [0.2, 0.25) is 0 Å². The molecule has 0 saturated carbocycles. The number of hydrogen-bond donors (Lipinski definition) is 2. The zero-order valence-corrected chi connectivity index (χ0v) is 16.6. The number of carbonyl (C=O) groups is 1. The average molecular weight is 405 g/mol. The zero-order valence-electron chi connectivity index (χ0n) is 15.7. The second-order valence-electron chi connectivity index (χ2n) is 6.63. The van der Waals surface area contributed by atoms with Crippen molar-refractivity contribution in [2.24, 2.45) is 0 Å². The number of halogens is 1. The van der Waals surface area contributed by atoms with E-state index in [1.807, 2.05) is 0 Å². The van der Waals surface area contributed by atoms with Crippen LogP contribution in [0.5, 0.6) is 0 Å². The molecule has 0 aromatic heterocycles. The molecule has 1 heterocycles. The minimum absolute atomic E-state index is 0.00222. The van der Waals surface area contributed by atoms with Crippen LogP contribution in [0.1, 0.15) is 19.8 Å². The van der Waals surface area contributed by atoms with Crippen LogP contribution >= 0.6 is 0 Å². The molecular formula is C20H24FN3O3S. The first-order valence-corrected chi connectivity index (χ1v) is 10.8. The Balaban J connectivity index is 2.03. The van der Waals surface area contributed by atoms with Gasteiger partial charge in [-0.05, 0) is 55.4 Å². The number of nitrogens with one attached hydrogen (secondary N) is 2. The van der Waals surface area contributed by atoms with Gasteiger partial charge in [-0.15, -0.1) is 0 Å². The summed E-state index contributed by atoms with van der Waals surface area (Å²) >= 11 is 0. The smallest absolute Gasteiger partial charge is 0.224 e. The third-order valence-corrected chi connectivity index (χ3v) is 6.50. The molecule has 0 spiro atoms. The van der Waals surface area contributed by atoms with Crippen LogP contribution in [0.25, 0.3) is 0 Å². The van der Waals surface area contributed by atoms with E-state index in [1.54, 1.807) is 19.1 Å². The van der Waals surface area contributed by atoms with E-state index >= 15 is 0 Å². The van der Waals surface area contributed by atoms with E-state index in [1.165, 1.54) is 18.2 Å². The number of benzene rings is 2. The van der Waals surface area contributed by atoms with Crippen molar-refractivity contribution in [1.82, 2.24) is 5.32 Å². The number of amides is 1. The molecule has 1 aliphatic heterocycles. The highest BCUT2D eigenvalue weighted by Gasteiger charge is 2.23. The van der Waals surface area contributed by atoms with Crippen molar-refractivity contribution in [2.45, 2.75) is 29.6 Å². The molecule has 2 aromatic carbocycles. The van der Waals surface area contributed by atoms with Crippen molar-refractivity contribution in [1.29, 1.82) is 0 Å². The molecule has 1 saturated heterocycles. The molecule has 8 heteroatoms. The molecule has 28 heavy (non-hydrogen) atoms. The molecule has 3 rings (SSSR count). The van der Waals surface area contributed by atoms with E-state index in [-0.39, 0.29) is 27.8 Å². The fourth-order valence-corrected chi connectivity index (χ4v) is 4.52. The molecule has 1 fully saturated rings. The molecule has 0 bridgehead atoms. The number of nitrogens with zero attached hydrogens (tertiary/aromatic N) is 1. The minimum Gasteiger partial charge on any atom is -0.370 e. The van der Waals surface area contributed by atoms with Crippen molar-refractivity contribution in [3.8, 4) is 0 Å². The summed E-state index contributed by atoms with van der Waals surface area (Å²) in [5, 5.41) is 6.03. The second kappa shape index (κ2) is 8.70. The quantitative estimate of drug-likeness (QED) is 0.748. The molecule has 1 aliphatic rings. The monoisotopic (exact) mass is 405 g/mol. The highest BCUT2D eigenvalue weighted by molar-refractivity contribution is 7.91. The number of sulfone groups is 1. The van der Waals surface area contributed by atoms with Crippen molar-refractivity contribution >= 4 is 27.1 Å². The Kier molecular flexibility index (Phi) is 6.31. The first-order valence-electron chi connectivity index (χ1n) is 9.32. The minimum atomic E-state index is -3.91. The fraction of sp³-hybridized carbons (Fsp3) is 0.350. The predicted octanol–water partition coefficient (Wildman–Crippen LogP) is 2.81. The van der Waals surface area contributed by atoms with Gasteiger partial charge in [0.05, 0.1) is 15.5 Å². The summed E-state index contributed by atoms with van der Waals surface area (Å²) < 4.78 is 39.4. The fourth-order valence-electron chi connectivity index (χ4n) is 3.13. The largest absolute Gasteiger partial charge is 0.370 e. The molecule has 150 valence electrons. The van der Waals surface area contributed by atoms with Crippen LogP contribution in [0.3, 0.4) is 0 Å². The lowest BCUT2D eigenvalue weighted by molar-refractivity contribution is -0.115. The van der Waals surface area contributed by atoms with Crippen molar-refractivity contribution in [2.75, 3.05) is 36.4 Å². The maximum Gasteiger partial charge on any atom is 0.224 e. The van der Waals surface area contributed by atoms with Gasteiger partial charge in [-0.2, -0.15) is 0 Å². The van der Waals surface area contributed by atoms with Crippen molar-refractivity contribution in [3.63, 3.8) is 0 Å². The van der Waals surface area contributed by atoms with Gasteiger partial charge < -0.3 is 15.5 Å². The molecule has 0 radical (unpaired) electrons. The first-order chi connectivity index (χ1) is 13.4. The van der Waals surface area contributed by atoms with E-state index in [2.05, 4.69) is 15.5 Å². The van der Waals surface area contributed by atoms with Crippen molar-refractivity contribution in [3.05, 3.63) is 48.3 Å². The van der Waals surface area contributed by atoms with Gasteiger partial charge in [0.1, 0.15) is 5.82 Å². The van der Waals surface area contributed by atoms with Gasteiger partial charge in [0, 0.05) is 31.7 Å². The summed E-state index contributed by atoms with van der Waals surface area (Å²) in [6, 6.07) is 9.64. The Morgan fingerprint density at radius 3 is 2.61 bits per heavy atom. The lowest BCUT2D eigenvalue weighted by Crippen LogP contribution is -2.28. The average Bonchev–Trinajstić information content (AvgIpc) is 2.97. The van der Waals surface area contributed by atoms with Gasteiger partial charge in [0.2, 0.25) is 15.7 Å². The lowest BCUT2D eigenvalue weighted by atomic mass is 10.2. The summed E-state index contributed by atoms with van der Waals surface area (Å²) in [5.41, 5.74) is 1.10. The standard InChI is InChI=1S/C20H24FN3O3S/c1-2-20(25)23-18-14-16(24-12-3-10-22-11-13-24)6-9-19(18)28(26,27)17-7-4-15(21)5-8-17/h4-9,14,22H,2-3,10-13H2,1H3,(H,23,25). The molecule has 1 amide bonds. The number of anilines is 2. The highest BCUT2D eigenvalue weighted by atomic mass is 32.2. The van der Waals surface area contributed by atoms with Crippen LogP contribution in [-0.2, 0) is 14.6 Å². The third kappa shape index (κ3) is 4.51. The molecule has 0 aliphatic carbocycles. The van der Waals surface area contributed by atoms with Gasteiger partial charge in [0.25, 0.3) is 0 Å². The Labute approximate surface area is 164 Å². The lowest BCUT2D eigenvalue weighted by Gasteiger charge is -2.24. The highest BCUT2D eigenvalue weighted by Crippen LogP contribution is 2.32. The van der Waals surface area contributed by atoms with Crippen LogP contribution in [0.4, 0.5) is 15.8 Å². The predicted molar refractivity (Wildman–Crippen MR) is 107 cm³/mol. The maximum atomic E-state index is 13.2. The Hall–Kier alpha value is -2.45. The van der Waals surface area contributed by atoms with E-state index < -0.39 is 15.7 Å². The van der Waals surface area contributed by atoms with Gasteiger partial charge >= 0.3 is 0 Å². The van der Waals surface area contributed by atoms with Crippen LogP contribution < -0.4 is 15.5 Å². The summed E-state index contributed by atoms with van der Waals surface area (Å²) in [7, 11) is -3.91. The van der Waals surface area contributed by atoms with Crippen LogP contribution in [0.15, 0.2) is 52.3 Å². The van der Waals surface area contributed by atoms with E-state index in [4.69, 9.17) is 0 Å². The molecule has 2 aromatic rings. The van der Waals surface area contributed by atoms with Gasteiger partial charge in [-0.3, -0.25) is 4.79 Å². The van der Waals surface area contributed by atoms with Gasteiger partial charge in [-0.25, -0.2) is 12.8 Å². The third-order valence-electron chi connectivity index (χ3n) is 4.68. The Morgan fingerprint density at radius 1 is 1.14 bits per heavy atom. The topological polar surface area (TPSA) is 78.5 Å². The summed E-state index contributed by atoms with van der Waals surface area (Å²) in [5.74, 6) is -0.784. The summed E-state index contributed by atoms with van der Waals surface area (Å²) in [6.45, 7) is 5.12. The van der Waals surface area contributed by atoms with E-state index in [0.29, 0.717) is 0 Å². The number of hydrogen-bond acceptors (Lipinski definition) is 5. The molecular weight excluding hydrogens is 381 g/mol. The Bertz CT molecular complexity index is 938.